The first-order chi connectivity index (χ1) is 14.2. The quantitative estimate of drug-likeness (QED) is 0.569. The molecule has 2 aromatic rings. The molecule has 31 heavy (non-hydrogen) atoms. The van der Waals surface area contributed by atoms with Gasteiger partial charge in [-0.3, -0.25) is 4.79 Å². The van der Waals surface area contributed by atoms with E-state index in [0.717, 1.165) is 37.6 Å². The molecule has 1 unspecified atom stereocenters. The maximum atomic E-state index is 14.2. The van der Waals surface area contributed by atoms with E-state index < -0.39 is 45.5 Å². The number of nitrogens with one attached hydrogen (secondary N) is 1. The number of halogens is 6. The molecule has 0 bridgehead atoms. The summed E-state index contributed by atoms with van der Waals surface area (Å²) >= 11 is 11.9. The number of carbonyl (C=O) groups is 1. The molecular formula is C17H14Cl2F4N2O5S. The lowest BCUT2D eigenvalue weighted by molar-refractivity contribution is -0.189. The van der Waals surface area contributed by atoms with Crippen molar-refractivity contribution in [3.8, 4) is 11.6 Å². The SMILES string of the molecule is CC(Oc1ncc(OCc2cc(F)c(C(=O)NS(C)(=O)=O)cc2Cl)cc1Cl)C(F)(F)F. The van der Waals surface area contributed by atoms with E-state index in [0.29, 0.717) is 0 Å². The Labute approximate surface area is 184 Å². The van der Waals surface area contributed by atoms with Gasteiger partial charge in [0.2, 0.25) is 15.9 Å². The molecule has 7 nitrogen and oxygen atoms in total. The van der Waals surface area contributed by atoms with Crippen LogP contribution in [-0.2, 0) is 16.6 Å². The molecule has 0 aliphatic heterocycles. The molecule has 0 aliphatic carbocycles. The molecule has 14 heteroatoms. The molecule has 0 saturated carbocycles. The predicted molar refractivity (Wildman–Crippen MR) is 103 cm³/mol. The number of hydrogen-bond donors (Lipinski definition) is 1. The Kier molecular flexibility index (Phi) is 7.61. The van der Waals surface area contributed by atoms with E-state index in [2.05, 4.69) is 9.72 Å². The zero-order chi connectivity index (χ0) is 23.6. The minimum Gasteiger partial charge on any atom is -0.487 e. The summed E-state index contributed by atoms with van der Waals surface area (Å²) in [6.07, 6.45) is -4.97. The highest BCUT2D eigenvalue weighted by atomic mass is 35.5. The molecule has 1 N–H and O–H groups in total. The normalized spacial score (nSPS) is 12.9. The minimum absolute atomic E-state index is 0.0207. The number of benzene rings is 1. The maximum Gasteiger partial charge on any atom is 0.425 e. The molecule has 0 fully saturated rings. The highest BCUT2D eigenvalue weighted by Crippen LogP contribution is 2.31. The lowest BCUT2D eigenvalue weighted by atomic mass is 10.1. The van der Waals surface area contributed by atoms with Crippen molar-refractivity contribution < 1.29 is 40.2 Å². The first kappa shape index (κ1) is 25.0. The zero-order valence-corrected chi connectivity index (χ0v) is 18.1. The van der Waals surface area contributed by atoms with Gasteiger partial charge in [0.05, 0.1) is 18.0 Å². The second kappa shape index (κ2) is 9.45. The van der Waals surface area contributed by atoms with E-state index >= 15 is 0 Å². The van der Waals surface area contributed by atoms with Crippen molar-refractivity contribution in [2.24, 2.45) is 0 Å². The first-order valence-corrected chi connectivity index (χ1v) is 10.8. The van der Waals surface area contributed by atoms with Gasteiger partial charge in [0, 0.05) is 16.7 Å². The fraction of sp³-hybridized carbons (Fsp3) is 0.294. The first-order valence-electron chi connectivity index (χ1n) is 8.19. The summed E-state index contributed by atoms with van der Waals surface area (Å²) in [4.78, 5) is 15.5. The summed E-state index contributed by atoms with van der Waals surface area (Å²) in [6.45, 7) is 0.472. The van der Waals surface area contributed by atoms with Crippen molar-refractivity contribution in [1.29, 1.82) is 0 Å². The second-order valence-corrected chi connectivity index (χ2v) is 8.74. The van der Waals surface area contributed by atoms with Gasteiger partial charge in [0.1, 0.15) is 23.2 Å². The van der Waals surface area contributed by atoms with Crippen LogP contribution < -0.4 is 14.2 Å². The van der Waals surface area contributed by atoms with Crippen LogP contribution in [0.15, 0.2) is 24.4 Å². The van der Waals surface area contributed by atoms with Gasteiger partial charge < -0.3 is 9.47 Å². The predicted octanol–water partition coefficient (Wildman–Crippen LogP) is 4.13. The van der Waals surface area contributed by atoms with Crippen LogP contribution in [-0.4, -0.2) is 37.8 Å². The monoisotopic (exact) mass is 504 g/mol. The third kappa shape index (κ3) is 7.11. The van der Waals surface area contributed by atoms with Crippen LogP contribution >= 0.6 is 23.2 Å². The molecule has 1 aromatic carbocycles. The smallest absolute Gasteiger partial charge is 0.425 e. The maximum absolute atomic E-state index is 14.2. The van der Waals surface area contributed by atoms with Gasteiger partial charge in [-0.1, -0.05) is 23.2 Å². The number of nitrogens with zero attached hydrogens (tertiary/aromatic N) is 1. The minimum atomic E-state index is -4.61. The standard InChI is InChI=1S/C17H14Cl2F4N2O5S/c1-8(17(21,22)23)30-16-13(19)4-10(6-24-16)29-7-9-3-14(20)11(5-12(9)18)15(26)25-31(2,27)28/h3-6,8H,7H2,1-2H3,(H,25,26). The van der Waals surface area contributed by atoms with Gasteiger partial charge in [-0.2, -0.15) is 13.2 Å². The molecule has 2 rings (SSSR count). The van der Waals surface area contributed by atoms with E-state index in [4.69, 9.17) is 27.9 Å². The Morgan fingerprint density at radius 3 is 2.42 bits per heavy atom. The molecule has 0 radical (unpaired) electrons. The van der Waals surface area contributed by atoms with Gasteiger partial charge in [0.15, 0.2) is 6.10 Å². The average Bonchev–Trinajstić information content (AvgIpc) is 2.61. The summed E-state index contributed by atoms with van der Waals surface area (Å²) in [5.41, 5.74) is -0.499. The van der Waals surface area contributed by atoms with E-state index in [1.54, 1.807) is 4.72 Å². The molecule has 1 aromatic heterocycles. The Morgan fingerprint density at radius 1 is 1.23 bits per heavy atom. The number of aromatic nitrogens is 1. The van der Waals surface area contributed by atoms with Crippen LogP contribution in [0.1, 0.15) is 22.8 Å². The van der Waals surface area contributed by atoms with Crippen LogP contribution in [0.25, 0.3) is 0 Å². The molecule has 170 valence electrons. The van der Waals surface area contributed by atoms with Gasteiger partial charge in [-0.25, -0.2) is 22.5 Å². The number of sulfonamides is 1. The van der Waals surface area contributed by atoms with Gasteiger partial charge in [-0.05, 0) is 19.1 Å². The van der Waals surface area contributed by atoms with Crippen LogP contribution in [0.2, 0.25) is 10.0 Å². The van der Waals surface area contributed by atoms with Crippen molar-refractivity contribution in [3.05, 3.63) is 51.4 Å². The Bertz CT molecular complexity index is 1100. The zero-order valence-electron chi connectivity index (χ0n) is 15.8. The number of rotatable bonds is 7. The van der Waals surface area contributed by atoms with E-state index in [-0.39, 0.29) is 28.0 Å². The second-order valence-electron chi connectivity index (χ2n) is 6.18. The largest absolute Gasteiger partial charge is 0.487 e. The van der Waals surface area contributed by atoms with Crippen LogP contribution in [0.3, 0.4) is 0 Å². The van der Waals surface area contributed by atoms with E-state index in [1.807, 2.05) is 0 Å². The highest BCUT2D eigenvalue weighted by Gasteiger charge is 2.38. The summed E-state index contributed by atoms with van der Waals surface area (Å²) in [5, 5.41) is -0.350. The molecular weight excluding hydrogens is 491 g/mol. The van der Waals surface area contributed by atoms with Gasteiger partial charge in [0.25, 0.3) is 5.91 Å². The summed E-state index contributed by atoms with van der Waals surface area (Å²) in [7, 11) is -3.91. The molecule has 0 spiro atoms. The van der Waals surface area contributed by atoms with Crippen molar-refractivity contribution in [3.63, 3.8) is 0 Å². The van der Waals surface area contributed by atoms with Crippen LogP contribution in [0, 0.1) is 5.82 Å². The molecule has 1 amide bonds. The molecule has 1 atom stereocenters. The van der Waals surface area contributed by atoms with Crippen LogP contribution in [0.4, 0.5) is 17.6 Å². The Morgan fingerprint density at radius 2 is 1.87 bits per heavy atom. The highest BCUT2D eigenvalue weighted by molar-refractivity contribution is 7.89. The summed E-state index contributed by atoms with van der Waals surface area (Å²) in [5.74, 6) is -2.68. The number of carbonyl (C=O) groups excluding carboxylic acids is 1. The average molecular weight is 505 g/mol. The Hall–Kier alpha value is -2.31. The number of ether oxygens (including phenoxy) is 2. The third-order valence-electron chi connectivity index (χ3n) is 3.58. The third-order valence-corrected chi connectivity index (χ3v) is 4.76. The van der Waals surface area contributed by atoms with Crippen LogP contribution in [0.5, 0.6) is 11.6 Å². The van der Waals surface area contributed by atoms with Crippen molar-refractivity contribution in [1.82, 2.24) is 9.71 Å². The lowest BCUT2D eigenvalue weighted by Gasteiger charge is -2.17. The summed E-state index contributed by atoms with van der Waals surface area (Å²) in [6, 6.07) is 2.94. The van der Waals surface area contributed by atoms with Crippen molar-refractivity contribution >= 4 is 39.1 Å². The summed E-state index contributed by atoms with van der Waals surface area (Å²) < 4.78 is 85.7. The fourth-order valence-electron chi connectivity index (χ4n) is 2.06. The molecule has 1 heterocycles. The van der Waals surface area contributed by atoms with E-state index in [1.165, 1.54) is 0 Å². The number of pyridine rings is 1. The molecule has 0 saturated heterocycles. The number of alkyl halides is 3. The number of hydrogen-bond acceptors (Lipinski definition) is 6. The van der Waals surface area contributed by atoms with Crippen molar-refractivity contribution in [2.45, 2.75) is 25.8 Å². The fourth-order valence-corrected chi connectivity index (χ4v) is 2.93. The topological polar surface area (TPSA) is 94.6 Å². The van der Waals surface area contributed by atoms with Crippen molar-refractivity contribution in [2.75, 3.05) is 6.26 Å². The molecule has 0 aliphatic rings. The van der Waals surface area contributed by atoms with Gasteiger partial charge in [-0.15, -0.1) is 0 Å². The Balaban J connectivity index is 2.12. The van der Waals surface area contributed by atoms with E-state index in [9.17, 15) is 30.8 Å². The lowest BCUT2D eigenvalue weighted by Crippen LogP contribution is -2.31. The number of amides is 1. The van der Waals surface area contributed by atoms with Gasteiger partial charge >= 0.3 is 6.18 Å².